The number of rotatable bonds is 3. The molecule has 1 unspecified atom stereocenters. The van der Waals surface area contributed by atoms with E-state index in [1.54, 1.807) is 23.7 Å². The van der Waals surface area contributed by atoms with Crippen molar-refractivity contribution < 1.29 is 0 Å². The van der Waals surface area contributed by atoms with Crippen molar-refractivity contribution >= 4 is 33.0 Å². The van der Waals surface area contributed by atoms with E-state index in [0.717, 1.165) is 9.47 Å². The average molecular weight is 284 g/mol. The topological polar surface area (TPSA) is 37.8 Å². The van der Waals surface area contributed by atoms with Crippen LogP contribution in [0.15, 0.2) is 34.6 Å². The van der Waals surface area contributed by atoms with Crippen LogP contribution in [0.1, 0.15) is 17.8 Å². The highest BCUT2D eigenvalue weighted by Gasteiger charge is 2.07. The van der Waals surface area contributed by atoms with E-state index in [4.69, 9.17) is 0 Å². The normalized spacial score (nSPS) is 12.4. The van der Waals surface area contributed by atoms with E-state index in [2.05, 4.69) is 50.3 Å². The van der Waals surface area contributed by atoms with E-state index < -0.39 is 0 Å². The standard InChI is InChI=1S/C10H10BrN3S/c1-7(9-2-3-10(11)15-9)14-8-4-12-6-13-5-8/h2-7,14H,1H3. The monoisotopic (exact) mass is 283 g/mol. The second-order valence-corrected chi connectivity index (χ2v) is 5.63. The number of anilines is 1. The van der Waals surface area contributed by atoms with Crippen LogP contribution in [0, 0.1) is 0 Å². The smallest absolute Gasteiger partial charge is 0.115 e. The molecule has 0 bridgehead atoms. The number of thiophene rings is 1. The Hall–Kier alpha value is -0.940. The second-order valence-electron chi connectivity index (χ2n) is 3.14. The van der Waals surface area contributed by atoms with E-state index in [-0.39, 0.29) is 6.04 Å². The first-order chi connectivity index (χ1) is 7.25. The molecule has 2 heterocycles. The zero-order valence-electron chi connectivity index (χ0n) is 8.14. The minimum atomic E-state index is 0.271. The SMILES string of the molecule is CC(Nc1cncnc1)c1ccc(Br)s1. The van der Waals surface area contributed by atoms with Gasteiger partial charge in [-0.25, -0.2) is 9.97 Å². The summed E-state index contributed by atoms with van der Waals surface area (Å²) in [4.78, 5) is 9.20. The molecule has 0 aliphatic carbocycles. The number of hydrogen-bond acceptors (Lipinski definition) is 4. The van der Waals surface area contributed by atoms with Crippen LogP contribution in [-0.2, 0) is 0 Å². The molecule has 0 aromatic carbocycles. The minimum absolute atomic E-state index is 0.271. The van der Waals surface area contributed by atoms with E-state index in [1.807, 2.05) is 0 Å². The average Bonchev–Trinajstić information content (AvgIpc) is 2.66. The summed E-state index contributed by atoms with van der Waals surface area (Å²) in [5.41, 5.74) is 0.939. The van der Waals surface area contributed by atoms with Crippen LogP contribution in [-0.4, -0.2) is 9.97 Å². The maximum Gasteiger partial charge on any atom is 0.115 e. The van der Waals surface area contributed by atoms with Crippen LogP contribution in [0.4, 0.5) is 5.69 Å². The summed E-state index contributed by atoms with van der Waals surface area (Å²) in [6.45, 7) is 2.12. The lowest BCUT2D eigenvalue weighted by molar-refractivity contribution is 0.902. The third-order valence-corrected chi connectivity index (χ3v) is 3.77. The predicted molar refractivity (Wildman–Crippen MR) is 66.1 cm³/mol. The summed E-state index contributed by atoms with van der Waals surface area (Å²) in [5.74, 6) is 0. The van der Waals surface area contributed by atoms with Crippen molar-refractivity contribution in [1.82, 2.24) is 9.97 Å². The van der Waals surface area contributed by atoms with Gasteiger partial charge in [-0.1, -0.05) is 0 Å². The molecular formula is C10H10BrN3S. The van der Waals surface area contributed by atoms with Crippen LogP contribution >= 0.6 is 27.3 Å². The van der Waals surface area contributed by atoms with E-state index in [0.29, 0.717) is 0 Å². The van der Waals surface area contributed by atoms with Gasteiger partial charge in [-0.15, -0.1) is 11.3 Å². The van der Waals surface area contributed by atoms with Crippen molar-refractivity contribution in [1.29, 1.82) is 0 Å². The Labute approximate surface area is 101 Å². The Balaban J connectivity index is 2.07. The highest BCUT2D eigenvalue weighted by Crippen LogP contribution is 2.28. The number of nitrogens with zero attached hydrogens (tertiary/aromatic N) is 2. The summed E-state index contributed by atoms with van der Waals surface area (Å²) in [6, 6.07) is 4.43. The second kappa shape index (κ2) is 4.72. The van der Waals surface area contributed by atoms with Crippen molar-refractivity contribution in [2.75, 3.05) is 5.32 Å². The third-order valence-electron chi connectivity index (χ3n) is 1.96. The summed E-state index contributed by atoms with van der Waals surface area (Å²) in [5, 5.41) is 3.34. The van der Waals surface area contributed by atoms with Gasteiger partial charge in [0.1, 0.15) is 6.33 Å². The molecule has 0 aliphatic heterocycles. The molecule has 0 amide bonds. The van der Waals surface area contributed by atoms with Gasteiger partial charge < -0.3 is 5.32 Å². The number of nitrogens with one attached hydrogen (secondary N) is 1. The molecule has 2 rings (SSSR count). The fourth-order valence-corrected chi connectivity index (χ4v) is 2.68. The highest BCUT2D eigenvalue weighted by atomic mass is 79.9. The first-order valence-corrected chi connectivity index (χ1v) is 6.13. The molecule has 0 aliphatic rings. The van der Waals surface area contributed by atoms with Gasteiger partial charge in [0.15, 0.2) is 0 Å². The minimum Gasteiger partial charge on any atom is -0.375 e. The lowest BCUT2D eigenvalue weighted by Crippen LogP contribution is -2.05. The summed E-state index contributed by atoms with van der Waals surface area (Å²) >= 11 is 5.18. The van der Waals surface area contributed by atoms with Gasteiger partial charge in [-0.05, 0) is 35.0 Å². The van der Waals surface area contributed by atoms with Crippen LogP contribution in [0.3, 0.4) is 0 Å². The third kappa shape index (κ3) is 2.76. The highest BCUT2D eigenvalue weighted by molar-refractivity contribution is 9.11. The summed E-state index contributed by atoms with van der Waals surface area (Å²) in [6.07, 6.45) is 5.07. The van der Waals surface area contributed by atoms with Crippen LogP contribution in [0.2, 0.25) is 0 Å². The van der Waals surface area contributed by atoms with Crippen molar-refractivity contribution in [3.63, 3.8) is 0 Å². The molecule has 0 radical (unpaired) electrons. The zero-order chi connectivity index (χ0) is 10.7. The van der Waals surface area contributed by atoms with Gasteiger partial charge in [-0.2, -0.15) is 0 Å². The molecule has 2 aromatic heterocycles. The van der Waals surface area contributed by atoms with Crippen LogP contribution in [0.25, 0.3) is 0 Å². The molecule has 0 saturated heterocycles. The van der Waals surface area contributed by atoms with Crippen LogP contribution < -0.4 is 5.32 Å². The maximum absolute atomic E-state index is 3.96. The molecule has 78 valence electrons. The van der Waals surface area contributed by atoms with Gasteiger partial charge in [0, 0.05) is 4.88 Å². The lowest BCUT2D eigenvalue weighted by Gasteiger charge is -2.12. The molecule has 0 spiro atoms. The van der Waals surface area contributed by atoms with Gasteiger partial charge >= 0.3 is 0 Å². The largest absolute Gasteiger partial charge is 0.375 e. The molecule has 0 saturated carbocycles. The Morgan fingerprint density at radius 2 is 2.07 bits per heavy atom. The van der Waals surface area contributed by atoms with Gasteiger partial charge in [0.25, 0.3) is 0 Å². The molecule has 1 N–H and O–H groups in total. The summed E-state index contributed by atoms with van der Waals surface area (Å²) in [7, 11) is 0. The Bertz CT molecular complexity index is 429. The number of aromatic nitrogens is 2. The van der Waals surface area contributed by atoms with Gasteiger partial charge in [0.05, 0.1) is 27.9 Å². The van der Waals surface area contributed by atoms with Crippen molar-refractivity contribution in [3.8, 4) is 0 Å². The van der Waals surface area contributed by atoms with Gasteiger partial charge in [0.2, 0.25) is 0 Å². The molecule has 3 nitrogen and oxygen atoms in total. The van der Waals surface area contributed by atoms with Crippen molar-refractivity contribution in [3.05, 3.63) is 39.5 Å². The zero-order valence-corrected chi connectivity index (χ0v) is 10.5. The van der Waals surface area contributed by atoms with E-state index in [9.17, 15) is 0 Å². The number of halogens is 1. The molecular weight excluding hydrogens is 274 g/mol. The molecule has 5 heteroatoms. The number of hydrogen-bond donors (Lipinski definition) is 1. The molecule has 15 heavy (non-hydrogen) atoms. The Morgan fingerprint density at radius 1 is 1.33 bits per heavy atom. The van der Waals surface area contributed by atoms with Crippen molar-refractivity contribution in [2.24, 2.45) is 0 Å². The van der Waals surface area contributed by atoms with E-state index in [1.165, 1.54) is 11.2 Å². The van der Waals surface area contributed by atoms with E-state index >= 15 is 0 Å². The predicted octanol–water partition coefficient (Wildman–Crippen LogP) is 3.47. The van der Waals surface area contributed by atoms with Crippen molar-refractivity contribution in [2.45, 2.75) is 13.0 Å². The maximum atomic E-state index is 3.96. The molecule has 0 fully saturated rings. The van der Waals surface area contributed by atoms with Gasteiger partial charge in [-0.3, -0.25) is 0 Å². The first kappa shape index (κ1) is 10.6. The quantitative estimate of drug-likeness (QED) is 0.937. The Kier molecular flexibility index (Phi) is 3.33. The summed E-state index contributed by atoms with van der Waals surface area (Å²) < 4.78 is 1.15. The first-order valence-electron chi connectivity index (χ1n) is 4.52. The fourth-order valence-electron chi connectivity index (χ4n) is 1.26. The molecule has 1 atom stereocenters. The van der Waals surface area contributed by atoms with Crippen LogP contribution in [0.5, 0.6) is 0 Å². The fraction of sp³-hybridized carbons (Fsp3) is 0.200. The lowest BCUT2D eigenvalue weighted by atomic mass is 10.2. The molecule has 2 aromatic rings. The Morgan fingerprint density at radius 3 is 2.67 bits per heavy atom.